The smallest absolute Gasteiger partial charge is 0.318 e. The molecule has 2 heterocycles. The molecule has 0 aromatic carbocycles. The number of halogens is 2. The Morgan fingerprint density at radius 1 is 1.57 bits per heavy atom. The summed E-state index contributed by atoms with van der Waals surface area (Å²) >= 11 is 0. The molecule has 0 bridgehead atoms. The zero-order valence-electron chi connectivity index (χ0n) is 12.1. The Bertz CT molecular complexity index is 484. The van der Waals surface area contributed by atoms with E-state index >= 15 is 0 Å². The van der Waals surface area contributed by atoms with Crippen LogP contribution in [0.4, 0.5) is 13.6 Å². The maximum atomic E-state index is 13.5. The molecule has 0 unspecified atom stereocenters. The second-order valence-electron chi connectivity index (χ2n) is 5.09. The largest absolute Gasteiger partial charge is 0.373 e. The van der Waals surface area contributed by atoms with Gasteiger partial charge in [0.1, 0.15) is 12.6 Å². The van der Waals surface area contributed by atoms with E-state index in [0.29, 0.717) is 6.42 Å². The van der Waals surface area contributed by atoms with Crippen molar-refractivity contribution in [2.24, 2.45) is 0 Å². The first-order valence-corrected chi connectivity index (χ1v) is 6.84. The fourth-order valence-corrected chi connectivity index (χ4v) is 2.39. The van der Waals surface area contributed by atoms with Gasteiger partial charge in [0.25, 0.3) is 5.92 Å². The van der Waals surface area contributed by atoms with Gasteiger partial charge < -0.3 is 15.0 Å². The zero-order chi connectivity index (χ0) is 15.5. The third-order valence-corrected chi connectivity index (χ3v) is 3.65. The van der Waals surface area contributed by atoms with Crippen molar-refractivity contribution in [2.45, 2.75) is 31.4 Å². The van der Waals surface area contributed by atoms with Crippen molar-refractivity contribution >= 4 is 6.03 Å². The molecule has 116 valence electrons. The van der Waals surface area contributed by atoms with Crippen molar-refractivity contribution < 1.29 is 18.3 Å². The molecule has 2 rings (SSSR count). The number of pyridine rings is 1. The van der Waals surface area contributed by atoms with E-state index in [1.54, 1.807) is 19.4 Å². The maximum Gasteiger partial charge on any atom is 0.318 e. The Labute approximate surface area is 122 Å². The number of amides is 2. The van der Waals surface area contributed by atoms with Crippen LogP contribution in [0.2, 0.25) is 0 Å². The SMILES string of the molecule is CC[C@H](c1ccncc1)N(C)C(=O)N[C@@H]1COCC1(F)F. The van der Waals surface area contributed by atoms with E-state index in [-0.39, 0.29) is 12.6 Å². The van der Waals surface area contributed by atoms with Gasteiger partial charge in [0, 0.05) is 19.4 Å². The average Bonchev–Trinajstić information content (AvgIpc) is 2.79. The van der Waals surface area contributed by atoms with E-state index in [0.717, 1.165) is 5.56 Å². The summed E-state index contributed by atoms with van der Waals surface area (Å²) in [5, 5.41) is 2.35. The number of rotatable bonds is 4. The van der Waals surface area contributed by atoms with E-state index in [9.17, 15) is 13.6 Å². The summed E-state index contributed by atoms with van der Waals surface area (Å²) in [6, 6.07) is 1.62. The second kappa shape index (κ2) is 6.34. The minimum Gasteiger partial charge on any atom is -0.373 e. The minimum absolute atomic E-state index is 0.168. The van der Waals surface area contributed by atoms with Crippen LogP contribution in [-0.2, 0) is 4.74 Å². The molecule has 5 nitrogen and oxygen atoms in total. The number of urea groups is 1. The van der Waals surface area contributed by atoms with Crippen molar-refractivity contribution in [3.63, 3.8) is 0 Å². The molecule has 1 aromatic heterocycles. The summed E-state index contributed by atoms with van der Waals surface area (Å²) in [7, 11) is 1.60. The van der Waals surface area contributed by atoms with Gasteiger partial charge in [0.15, 0.2) is 0 Å². The normalized spacial score (nSPS) is 21.8. The van der Waals surface area contributed by atoms with Gasteiger partial charge in [0.2, 0.25) is 0 Å². The Hall–Kier alpha value is -1.76. The molecule has 0 spiro atoms. The number of hydrogen-bond acceptors (Lipinski definition) is 3. The summed E-state index contributed by atoms with van der Waals surface area (Å²) in [4.78, 5) is 17.5. The Balaban J connectivity index is 2.04. The average molecular weight is 299 g/mol. The first kappa shape index (κ1) is 15.6. The van der Waals surface area contributed by atoms with Crippen LogP contribution in [0.15, 0.2) is 24.5 Å². The molecule has 1 saturated heterocycles. The van der Waals surface area contributed by atoms with Crippen molar-refractivity contribution in [1.82, 2.24) is 15.2 Å². The topological polar surface area (TPSA) is 54.5 Å². The van der Waals surface area contributed by atoms with Crippen LogP contribution in [0.1, 0.15) is 24.9 Å². The minimum atomic E-state index is -3.02. The molecule has 1 aliphatic rings. The third kappa shape index (κ3) is 3.47. The lowest BCUT2D eigenvalue weighted by Gasteiger charge is -2.29. The second-order valence-corrected chi connectivity index (χ2v) is 5.09. The van der Waals surface area contributed by atoms with Gasteiger partial charge in [-0.3, -0.25) is 4.98 Å². The molecule has 2 atom stereocenters. The molecule has 0 saturated carbocycles. The number of carbonyl (C=O) groups is 1. The maximum absolute atomic E-state index is 13.5. The van der Waals surface area contributed by atoms with Gasteiger partial charge in [-0.2, -0.15) is 0 Å². The highest BCUT2D eigenvalue weighted by molar-refractivity contribution is 5.75. The summed E-state index contributed by atoms with van der Waals surface area (Å²) in [6.45, 7) is 1.12. The van der Waals surface area contributed by atoms with Crippen LogP contribution in [0.25, 0.3) is 0 Å². The first-order valence-electron chi connectivity index (χ1n) is 6.84. The van der Waals surface area contributed by atoms with Crippen molar-refractivity contribution in [3.8, 4) is 0 Å². The molecule has 7 heteroatoms. The number of hydrogen-bond donors (Lipinski definition) is 1. The summed E-state index contributed by atoms with van der Waals surface area (Å²) < 4.78 is 31.7. The Kier molecular flexibility index (Phi) is 4.72. The monoisotopic (exact) mass is 299 g/mol. The van der Waals surface area contributed by atoms with E-state index in [2.05, 4.69) is 10.3 Å². The third-order valence-electron chi connectivity index (χ3n) is 3.65. The standard InChI is InChI=1S/C14H19F2N3O2/c1-3-11(10-4-6-17-7-5-10)19(2)13(20)18-12-8-21-9-14(12,15)16/h4-7,11-12H,3,8-9H2,1-2H3,(H,18,20)/t11-,12-/m1/s1. The van der Waals surface area contributed by atoms with Gasteiger partial charge in [-0.1, -0.05) is 6.92 Å². The lowest BCUT2D eigenvalue weighted by atomic mass is 10.1. The molecule has 0 aliphatic carbocycles. The van der Waals surface area contributed by atoms with Crippen molar-refractivity contribution in [2.75, 3.05) is 20.3 Å². The predicted octanol–water partition coefficient (Wildman–Crippen LogP) is 2.21. The number of carbonyl (C=O) groups excluding carboxylic acids is 1. The van der Waals surface area contributed by atoms with E-state index in [1.807, 2.05) is 19.1 Å². The molecule has 0 radical (unpaired) electrons. The van der Waals surface area contributed by atoms with Crippen LogP contribution < -0.4 is 5.32 Å². The van der Waals surface area contributed by atoms with Crippen molar-refractivity contribution in [3.05, 3.63) is 30.1 Å². The summed E-state index contributed by atoms with van der Waals surface area (Å²) in [5.41, 5.74) is 0.916. The molecular weight excluding hydrogens is 280 g/mol. The highest BCUT2D eigenvalue weighted by Gasteiger charge is 2.46. The molecule has 1 N–H and O–H groups in total. The van der Waals surface area contributed by atoms with Gasteiger partial charge in [0.05, 0.1) is 12.6 Å². The van der Waals surface area contributed by atoms with E-state index < -0.39 is 24.6 Å². The first-order chi connectivity index (χ1) is 9.95. The Morgan fingerprint density at radius 3 is 2.76 bits per heavy atom. The van der Waals surface area contributed by atoms with Gasteiger partial charge in [-0.25, -0.2) is 13.6 Å². The highest BCUT2D eigenvalue weighted by atomic mass is 19.3. The highest BCUT2D eigenvalue weighted by Crippen LogP contribution is 2.27. The van der Waals surface area contributed by atoms with Crippen molar-refractivity contribution in [1.29, 1.82) is 0 Å². The molecule has 2 amide bonds. The number of nitrogens with zero attached hydrogens (tertiary/aromatic N) is 2. The lowest BCUT2D eigenvalue weighted by molar-refractivity contribution is -0.0224. The summed E-state index contributed by atoms with van der Waals surface area (Å²) in [6.07, 6.45) is 3.96. The number of aromatic nitrogens is 1. The predicted molar refractivity (Wildman–Crippen MR) is 73.1 cm³/mol. The lowest BCUT2D eigenvalue weighted by Crippen LogP contribution is -2.51. The molecule has 1 aromatic rings. The van der Waals surface area contributed by atoms with Gasteiger partial charge >= 0.3 is 6.03 Å². The quantitative estimate of drug-likeness (QED) is 0.927. The molecule has 21 heavy (non-hydrogen) atoms. The van der Waals surface area contributed by atoms with Crippen LogP contribution in [0.3, 0.4) is 0 Å². The number of alkyl halides is 2. The fourth-order valence-electron chi connectivity index (χ4n) is 2.39. The fraction of sp³-hybridized carbons (Fsp3) is 0.571. The molecule has 1 aliphatic heterocycles. The van der Waals surface area contributed by atoms with Gasteiger partial charge in [-0.05, 0) is 24.1 Å². The number of ether oxygens (including phenoxy) is 1. The van der Waals surface area contributed by atoms with E-state index in [4.69, 9.17) is 4.74 Å². The van der Waals surface area contributed by atoms with Crippen LogP contribution in [0, 0.1) is 0 Å². The van der Waals surface area contributed by atoms with E-state index in [1.165, 1.54) is 4.90 Å². The van der Waals surface area contributed by atoms with Crippen LogP contribution in [0.5, 0.6) is 0 Å². The molecule has 1 fully saturated rings. The number of nitrogens with one attached hydrogen (secondary N) is 1. The van der Waals surface area contributed by atoms with Crippen LogP contribution in [-0.4, -0.2) is 48.1 Å². The van der Waals surface area contributed by atoms with Gasteiger partial charge in [-0.15, -0.1) is 0 Å². The Morgan fingerprint density at radius 2 is 2.24 bits per heavy atom. The molecular formula is C14H19F2N3O2. The zero-order valence-corrected chi connectivity index (χ0v) is 12.1. The van der Waals surface area contributed by atoms with Crippen LogP contribution >= 0.6 is 0 Å². The summed E-state index contributed by atoms with van der Waals surface area (Å²) in [5.74, 6) is -3.02.